The van der Waals surface area contributed by atoms with E-state index in [9.17, 15) is 18.0 Å². The summed E-state index contributed by atoms with van der Waals surface area (Å²) >= 11 is 0. The lowest BCUT2D eigenvalue weighted by molar-refractivity contribution is -0.155. The van der Waals surface area contributed by atoms with Crippen LogP contribution in [0, 0.1) is 6.92 Å². The average Bonchev–Trinajstić information content (AvgIpc) is 2.42. The van der Waals surface area contributed by atoms with Gasteiger partial charge in [-0.2, -0.15) is 0 Å². The van der Waals surface area contributed by atoms with Crippen LogP contribution in [0.4, 0.5) is 0 Å². The van der Waals surface area contributed by atoms with E-state index >= 15 is 0 Å². The highest BCUT2D eigenvalue weighted by Crippen LogP contribution is 2.10. The number of sulfonamides is 1. The summed E-state index contributed by atoms with van der Waals surface area (Å²) in [5.74, 6) is -1.13. The molecular formula is C14H19NO6S. The van der Waals surface area contributed by atoms with Crippen molar-refractivity contribution >= 4 is 22.0 Å². The zero-order valence-electron chi connectivity index (χ0n) is 12.7. The van der Waals surface area contributed by atoms with Crippen LogP contribution in [0.2, 0.25) is 0 Å². The molecule has 0 amide bonds. The van der Waals surface area contributed by atoms with Gasteiger partial charge in [-0.05, 0) is 19.1 Å². The highest BCUT2D eigenvalue weighted by atomic mass is 32.2. The topological polar surface area (TPSA) is 98.8 Å². The van der Waals surface area contributed by atoms with Crippen molar-refractivity contribution in [2.45, 2.75) is 31.8 Å². The van der Waals surface area contributed by atoms with Crippen LogP contribution in [-0.4, -0.2) is 39.6 Å². The third-order valence-corrected chi connectivity index (χ3v) is 4.08. The molecule has 0 bridgehead atoms. The van der Waals surface area contributed by atoms with Crippen LogP contribution in [0.3, 0.4) is 0 Å². The molecule has 1 rings (SSSR count). The van der Waals surface area contributed by atoms with E-state index in [2.05, 4.69) is 4.72 Å². The van der Waals surface area contributed by atoms with Gasteiger partial charge in [-0.1, -0.05) is 17.7 Å². The van der Waals surface area contributed by atoms with Gasteiger partial charge in [0.2, 0.25) is 10.0 Å². The molecule has 122 valence electrons. The van der Waals surface area contributed by atoms with Crippen molar-refractivity contribution in [1.29, 1.82) is 0 Å². The first kappa shape index (κ1) is 18.1. The van der Waals surface area contributed by atoms with Crippen molar-refractivity contribution in [1.82, 2.24) is 4.72 Å². The molecule has 0 aromatic heterocycles. The summed E-state index contributed by atoms with van der Waals surface area (Å²) in [6, 6.07) is 6.31. The molecule has 1 N–H and O–H groups in total. The van der Waals surface area contributed by atoms with E-state index in [-0.39, 0.29) is 18.0 Å². The van der Waals surface area contributed by atoms with Crippen LogP contribution in [0.1, 0.15) is 19.4 Å². The molecule has 0 radical (unpaired) electrons. The summed E-state index contributed by atoms with van der Waals surface area (Å²) in [6.07, 6.45) is -0.887. The standard InChI is InChI=1S/C14H19NO6S/c1-10-4-6-14(7-5-10)22(18,19)15-8-13(21-12(3)17)9-20-11(2)16/h4-7,13,15H,8-9H2,1-3H3. The van der Waals surface area contributed by atoms with E-state index in [1.807, 2.05) is 6.92 Å². The number of benzene rings is 1. The Morgan fingerprint density at radius 1 is 1.14 bits per heavy atom. The smallest absolute Gasteiger partial charge is 0.303 e. The van der Waals surface area contributed by atoms with Crippen LogP contribution in [0.15, 0.2) is 29.2 Å². The molecule has 0 saturated heterocycles. The molecule has 0 aliphatic heterocycles. The van der Waals surface area contributed by atoms with Gasteiger partial charge in [0, 0.05) is 13.8 Å². The molecule has 0 spiro atoms. The Hall–Kier alpha value is -1.93. The average molecular weight is 329 g/mol. The predicted octanol–water partition coefficient (Wildman–Crippen LogP) is 0.768. The van der Waals surface area contributed by atoms with E-state index in [1.165, 1.54) is 26.0 Å². The second kappa shape index (κ2) is 7.90. The summed E-state index contributed by atoms with van der Waals surface area (Å²) in [7, 11) is -3.73. The van der Waals surface area contributed by atoms with Crippen LogP contribution in [0.25, 0.3) is 0 Å². The first-order valence-electron chi connectivity index (χ1n) is 6.57. The molecule has 0 fully saturated rings. The zero-order valence-corrected chi connectivity index (χ0v) is 13.5. The van der Waals surface area contributed by atoms with Gasteiger partial charge in [0.25, 0.3) is 0 Å². The minimum Gasteiger partial charge on any atom is -0.462 e. The molecule has 0 aliphatic rings. The second-order valence-corrected chi connectivity index (χ2v) is 6.47. The third-order valence-electron chi connectivity index (χ3n) is 2.64. The van der Waals surface area contributed by atoms with Crippen LogP contribution in [-0.2, 0) is 29.1 Å². The van der Waals surface area contributed by atoms with Gasteiger partial charge in [0.05, 0.1) is 11.4 Å². The third kappa shape index (κ3) is 6.23. The largest absolute Gasteiger partial charge is 0.462 e. The van der Waals surface area contributed by atoms with Crippen LogP contribution >= 0.6 is 0 Å². The van der Waals surface area contributed by atoms with Crippen LogP contribution in [0.5, 0.6) is 0 Å². The number of ether oxygens (including phenoxy) is 2. The second-order valence-electron chi connectivity index (χ2n) is 4.70. The number of hydrogen-bond donors (Lipinski definition) is 1. The molecule has 1 aromatic carbocycles. The summed E-state index contributed by atoms with van der Waals surface area (Å²) in [5, 5.41) is 0. The summed E-state index contributed by atoms with van der Waals surface area (Å²) in [6.45, 7) is 3.84. The first-order chi connectivity index (χ1) is 10.2. The molecule has 7 nitrogen and oxygen atoms in total. The molecule has 1 unspecified atom stereocenters. The van der Waals surface area contributed by atoms with Crippen molar-refractivity contribution in [2.24, 2.45) is 0 Å². The Balaban J connectivity index is 2.71. The van der Waals surface area contributed by atoms with Gasteiger partial charge in [0.15, 0.2) is 0 Å². The fourth-order valence-electron chi connectivity index (χ4n) is 1.58. The van der Waals surface area contributed by atoms with Crippen molar-refractivity contribution in [2.75, 3.05) is 13.2 Å². The maximum absolute atomic E-state index is 12.1. The van der Waals surface area contributed by atoms with E-state index in [1.54, 1.807) is 12.1 Å². The number of nitrogens with one attached hydrogen (secondary N) is 1. The molecular weight excluding hydrogens is 310 g/mol. The number of carbonyl (C=O) groups excluding carboxylic acids is 2. The Kier molecular flexibility index (Phi) is 6.51. The quantitative estimate of drug-likeness (QED) is 0.742. The van der Waals surface area contributed by atoms with Gasteiger partial charge in [-0.15, -0.1) is 0 Å². The number of esters is 2. The maximum Gasteiger partial charge on any atom is 0.303 e. The monoisotopic (exact) mass is 329 g/mol. The SMILES string of the molecule is CC(=O)OCC(CNS(=O)(=O)c1ccc(C)cc1)OC(C)=O. The number of aryl methyl sites for hydroxylation is 1. The fourth-order valence-corrected chi connectivity index (χ4v) is 2.65. The lowest BCUT2D eigenvalue weighted by atomic mass is 10.2. The predicted molar refractivity (Wildman–Crippen MR) is 78.6 cm³/mol. The highest BCUT2D eigenvalue weighted by Gasteiger charge is 2.19. The zero-order chi connectivity index (χ0) is 16.8. The lowest BCUT2D eigenvalue weighted by Crippen LogP contribution is -2.37. The lowest BCUT2D eigenvalue weighted by Gasteiger charge is -2.17. The van der Waals surface area contributed by atoms with Gasteiger partial charge < -0.3 is 9.47 Å². The van der Waals surface area contributed by atoms with Crippen molar-refractivity contribution in [3.05, 3.63) is 29.8 Å². The highest BCUT2D eigenvalue weighted by molar-refractivity contribution is 7.89. The molecule has 1 aromatic rings. The summed E-state index contributed by atoms with van der Waals surface area (Å²) in [5.41, 5.74) is 0.937. The molecule has 22 heavy (non-hydrogen) atoms. The fraction of sp³-hybridized carbons (Fsp3) is 0.429. The summed E-state index contributed by atoms with van der Waals surface area (Å²) < 4.78 is 36.2. The van der Waals surface area contributed by atoms with E-state index < -0.39 is 28.1 Å². The van der Waals surface area contributed by atoms with Gasteiger partial charge in [0.1, 0.15) is 12.7 Å². The number of hydrogen-bond acceptors (Lipinski definition) is 6. The molecule has 1 atom stereocenters. The van der Waals surface area contributed by atoms with Crippen molar-refractivity contribution in [3.8, 4) is 0 Å². The van der Waals surface area contributed by atoms with Crippen molar-refractivity contribution < 1.29 is 27.5 Å². The first-order valence-corrected chi connectivity index (χ1v) is 8.06. The normalized spacial score (nSPS) is 12.5. The van der Waals surface area contributed by atoms with Gasteiger partial charge in [-0.25, -0.2) is 13.1 Å². The van der Waals surface area contributed by atoms with E-state index in [0.717, 1.165) is 5.56 Å². The maximum atomic E-state index is 12.1. The van der Waals surface area contributed by atoms with E-state index in [0.29, 0.717) is 0 Å². The molecule has 0 aliphatic carbocycles. The van der Waals surface area contributed by atoms with Crippen LogP contribution < -0.4 is 4.72 Å². The summed E-state index contributed by atoms with van der Waals surface area (Å²) in [4.78, 5) is 21.9. The van der Waals surface area contributed by atoms with Crippen molar-refractivity contribution in [3.63, 3.8) is 0 Å². The molecule has 8 heteroatoms. The number of carbonyl (C=O) groups is 2. The Morgan fingerprint density at radius 2 is 1.73 bits per heavy atom. The van der Waals surface area contributed by atoms with Gasteiger partial charge >= 0.3 is 11.9 Å². The Labute approximate surface area is 129 Å². The minimum atomic E-state index is -3.73. The molecule has 0 heterocycles. The Morgan fingerprint density at radius 3 is 2.23 bits per heavy atom. The number of rotatable bonds is 7. The molecule has 0 saturated carbocycles. The van der Waals surface area contributed by atoms with Gasteiger partial charge in [-0.3, -0.25) is 9.59 Å². The Bertz CT molecular complexity index is 623. The van der Waals surface area contributed by atoms with E-state index in [4.69, 9.17) is 9.47 Å². The minimum absolute atomic E-state index is 0.104.